The van der Waals surface area contributed by atoms with Crippen molar-refractivity contribution >= 4 is 16.9 Å². The average molecular weight is 363 g/mol. The van der Waals surface area contributed by atoms with Crippen LogP contribution in [-0.4, -0.2) is 5.12 Å². The molecule has 0 saturated carbocycles. The molecule has 0 fully saturated rings. The minimum absolute atomic E-state index is 0.129. The van der Waals surface area contributed by atoms with Gasteiger partial charge in [-0.05, 0) is 50.5 Å². The number of allylic oxidation sites excluding steroid dienone is 7. The molecule has 25 heavy (non-hydrogen) atoms. The summed E-state index contributed by atoms with van der Waals surface area (Å²) in [5, 5.41) is 0.280. The number of rotatable bonds is 8. The van der Waals surface area contributed by atoms with Crippen LogP contribution in [0.1, 0.15) is 75.2 Å². The predicted octanol–water partition coefficient (Wildman–Crippen LogP) is 7.72. The average Bonchev–Trinajstić information content (AvgIpc) is 2.51. The van der Waals surface area contributed by atoms with Crippen molar-refractivity contribution in [3.8, 4) is 0 Å². The lowest BCUT2D eigenvalue weighted by Crippen LogP contribution is -2.35. The maximum Gasteiger partial charge on any atom is 0.199 e. The maximum absolute atomic E-state index is 13.2. The van der Waals surface area contributed by atoms with Crippen LogP contribution in [0, 0.1) is 16.7 Å². The Balaban J connectivity index is 5.36. The second-order valence-electron chi connectivity index (χ2n) is 8.32. The van der Waals surface area contributed by atoms with Crippen LogP contribution in [0.25, 0.3) is 0 Å². The highest BCUT2D eigenvalue weighted by atomic mass is 32.2. The fourth-order valence-corrected chi connectivity index (χ4v) is 4.08. The van der Waals surface area contributed by atoms with E-state index < -0.39 is 0 Å². The molecule has 1 unspecified atom stereocenters. The quantitative estimate of drug-likeness (QED) is 0.411. The maximum atomic E-state index is 13.2. The van der Waals surface area contributed by atoms with Gasteiger partial charge in [-0.1, -0.05) is 89.8 Å². The highest BCUT2D eigenvalue weighted by Gasteiger charge is 2.40. The van der Waals surface area contributed by atoms with Crippen LogP contribution >= 0.6 is 11.8 Å². The molecule has 1 atom stereocenters. The Bertz CT molecular complexity index is 541. The number of carbonyl (C=O) groups is 1. The van der Waals surface area contributed by atoms with Gasteiger partial charge in [0.2, 0.25) is 0 Å². The first-order valence-corrected chi connectivity index (χ1v) is 10.2. The first-order chi connectivity index (χ1) is 11.5. The van der Waals surface area contributed by atoms with E-state index in [2.05, 4.69) is 65.8 Å². The molecule has 0 spiro atoms. The second-order valence-corrected chi connectivity index (χ2v) is 9.34. The Morgan fingerprint density at radius 2 is 1.60 bits per heavy atom. The summed E-state index contributed by atoms with van der Waals surface area (Å²) in [6, 6.07) is 0. The predicted molar refractivity (Wildman–Crippen MR) is 116 cm³/mol. The van der Waals surface area contributed by atoms with Crippen molar-refractivity contribution in [1.29, 1.82) is 0 Å². The summed E-state index contributed by atoms with van der Waals surface area (Å²) in [5.74, 6) is 0.313. The molecule has 0 saturated heterocycles. The van der Waals surface area contributed by atoms with Crippen molar-refractivity contribution in [1.82, 2.24) is 0 Å². The van der Waals surface area contributed by atoms with Crippen LogP contribution in [0.5, 0.6) is 0 Å². The van der Waals surface area contributed by atoms with Crippen LogP contribution < -0.4 is 0 Å². The van der Waals surface area contributed by atoms with Gasteiger partial charge in [0.05, 0.1) is 0 Å². The lowest BCUT2D eigenvalue weighted by molar-refractivity contribution is -0.122. The van der Waals surface area contributed by atoms with Crippen LogP contribution in [0.2, 0.25) is 0 Å². The van der Waals surface area contributed by atoms with Gasteiger partial charge in [0.15, 0.2) is 5.12 Å². The first kappa shape index (κ1) is 24.0. The molecule has 1 nitrogen and oxygen atoms in total. The van der Waals surface area contributed by atoms with Gasteiger partial charge in [-0.3, -0.25) is 4.79 Å². The molecular weight excluding hydrogens is 324 g/mol. The van der Waals surface area contributed by atoms with Crippen molar-refractivity contribution in [3.05, 3.63) is 46.9 Å². The Morgan fingerprint density at radius 1 is 1.00 bits per heavy atom. The van der Waals surface area contributed by atoms with E-state index in [9.17, 15) is 4.79 Å². The van der Waals surface area contributed by atoms with Crippen molar-refractivity contribution in [2.45, 2.75) is 75.2 Å². The largest absolute Gasteiger partial charge is 0.286 e. The topological polar surface area (TPSA) is 17.1 Å². The van der Waals surface area contributed by atoms with Gasteiger partial charge in [-0.15, -0.1) is 0 Å². The molecule has 0 N–H and O–H groups in total. The van der Waals surface area contributed by atoms with E-state index in [0.29, 0.717) is 5.92 Å². The third-order valence-electron chi connectivity index (χ3n) is 4.55. The smallest absolute Gasteiger partial charge is 0.199 e. The van der Waals surface area contributed by atoms with E-state index in [1.807, 2.05) is 32.9 Å². The third-order valence-corrected chi connectivity index (χ3v) is 5.91. The monoisotopic (exact) mass is 362 g/mol. The summed E-state index contributed by atoms with van der Waals surface area (Å²) in [6.07, 6.45) is 14.2. The van der Waals surface area contributed by atoms with Gasteiger partial charge in [0.1, 0.15) is 0 Å². The van der Waals surface area contributed by atoms with Crippen LogP contribution in [0.15, 0.2) is 46.9 Å². The van der Waals surface area contributed by atoms with E-state index in [1.54, 1.807) is 0 Å². The van der Waals surface area contributed by atoms with E-state index in [1.165, 1.54) is 17.3 Å². The Hall–Kier alpha value is -1.02. The summed E-state index contributed by atoms with van der Waals surface area (Å²) >= 11 is 1.42. The lowest BCUT2D eigenvalue weighted by atomic mass is 9.69. The molecule has 142 valence electrons. The second kappa shape index (κ2) is 10.9. The highest BCUT2D eigenvalue weighted by molar-refractivity contribution is 8.17. The van der Waals surface area contributed by atoms with E-state index >= 15 is 0 Å². The van der Waals surface area contributed by atoms with Crippen molar-refractivity contribution in [2.24, 2.45) is 16.7 Å². The van der Waals surface area contributed by atoms with E-state index in [4.69, 9.17) is 0 Å². The Morgan fingerprint density at radius 3 is 2.00 bits per heavy atom. The van der Waals surface area contributed by atoms with Gasteiger partial charge >= 0.3 is 0 Å². The summed E-state index contributed by atoms with van der Waals surface area (Å²) in [6.45, 7) is 19.2. The van der Waals surface area contributed by atoms with Gasteiger partial charge in [0, 0.05) is 10.3 Å². The molecule has 0 aliphatic heterocycles. The minimum atomic E-state index is -0.323. The Kier molecular flexibility index (Phi) is 10.4. The fourth-order valence-electron chi connectivity index (χ4n) is 2.89. The van der Waals surface area contributed by atoms with Gasteiger partial charge < -0.3 is 0 Å². The molecule has 0 aromatic rings. The molecule has 2 heteroatoms. The minimum Gasteiger partial charge on any atom is -0.286 e. The SMILES string of the molecule is CC=CC=CCC(=CC)C(=CC)SC(=O)C(C)(CC(C)(C)C)C(C)C. The van der Waals surface area contributed by atoms with Crippen LogP contribution in [0.3, 0.4) is 0 Å². The molecule has 0 aliphatic carbocycles. The van der Waals surface area contributed by atoms with Crippen molar-refractivity contribution < 1.29 is 4.79 Å². The molecule has 0 amide bonds. The van der Waals surface area contributed by atoms with Crippen molar-refractivity contribution in [3.63, 3.8) is 0 Å². The van der Waals surface area contributed by atoms with Crippen LogP contribution in [0.4, 0.5) is 0 Å². The summed E-state index contributed by atoms with van der Waals surface area (Å²) in [7, 11) is 0. The van der Waals surface area contributed by atoms with E-state index in [-0.39, 0.29) is 15.9 Å². The highest BCUT2D eigenvalue weighted by Crippen LogP contribution is 2.45. The number of hydrogen-bond acceptors (Lipinski definition) is 2. The first-order valence-electron chi connectivity index (χ1n) is 9.33. The molecule has 0 heterocycles. The third kappa shape index (κ3) is 8.27. The molecule has 0 bridgehead atoms. The van der Waals surface area contributed by atoms with Gasteiger partial charge in [0.25, 0.3) is 0 Å². The zero-order chi connectivity index (χ0) is 19.7. The fraction of sp³-hybridized carbons (Fsp3) is 0.609. The lowest BCUT2D eigenvalue weighted by Gasteiger charge is -2.37. The van der Waals surface area contributed by atoms with Crippen LogP contribution in [-0.2, 0) is 4.79 Å². The number of hydrogen-bond donors (Lipinski definition) is 0. The summed E-state index contributed by atoms with van der Waals surface area (Å²) in [5.41, 5.74) is 1.02. The standard InChI is InChI=1S/C23H38OS/c1-10-13-14-15-16-19(11-2)20(12-3)25-21(24)23(9,18(4)5)17-22(6,7)8/h10-15,18H,16-17H2,1-9H3. The molecule has 0 rings (SSSR count). The molecule has 0 aliphatic rings. The summed E-state index contributed by atoms with van der Waals surface area (Å²) in [4.78, 5) is 14.3. The summed E-state index contributed by atoms with van der Waals surface area (Å²) < 4.78 is 0. The van der Waals surface area contributed by atoms with Gasteiger partial charge in [-0.2, -0.15) is 0 Å². The molecule has 0 radical (unpaired) electrons. The Labute approximate surface area is 160 Å². The van der Waals surface area contributed by atoms with Gasteiger partial charge in [-0.25, -0.2) is 0 Å². The zero-order valence-electron chi connectivity index (χ0n) is 17.8. The normalized spacial score (nSPS) is 16.9. The number of carbonyl (C=O) groups excluding carboxylic acids is 1. The molecule has 0 aromatic heterocycles. The zero-order valence-corrected chi connectivity index (χ0v) is 18.6. The van der Waals surface area contributed by atoms with Crippen molar-refractivity contribution in [2.75, 3.05) is 0 Å². The molecular formula is C23H38OS. The molecule has 0 aromatic carbocycles. The number of thioether (sulfide) groups is 1. The van der Waals surface area contributed by atoms with E-state index in [0.717, 1.165) is 17.7 Å².